The van der Waals surface area contributed by atoms with Crippen molar-refractivity contribution < 1.29 is 12.8 Å². The lowest BCUT2D eigenvalue weighted by molar-refractivity contribution is 0.559. The van der Waals surface area contributed by atoms with Gasteiger partial charge in [0, 0.05) is 22.7 Å². The Morgan fingerprint density at radius 1 is 1.23 bits per heavy atom. The molecule has 0 spiro atoms. The van der Waals surface area contributed by atoms with Crippen LogP contribution in [0, 0.1) is 5.82 Å². The number of aromatic nitrogens is 3. The van der Waals surface area contributed by atoms with Crippen LogP contribution in [0.5, 0.6) is 0 Å². The number of sulfonamides is 1. The molecule has 0 bridgehead atoms. The smallest absolute Gasteiger partial charge is 0.222 e. The largest absolute Gasteiger partial charge is 0.240 e. The molecular weight excluding hydrogens is 459 g/mol. The molecule has 1 atom stereocenters. The zero-order valence-electron chi connectivity index (χ0n) is 17.7. The molecule has 2 aromatic heterocycles. The molecule has 0 aliphatic heterocycles. The summed E-state index contributed by atoms with van der Waals surface area (Å²) in [6, 6.07) is 6.34. The van der Waals surface area contributed by atoms with Crippen LogP contribution in [0.2, 0.25) is 5.28 Å². The standard InChI is InChI=1S/C21H24ClFN4O2S2/c1-5-7-15(31(24,28)29)12-8-6-9-13(16(12)23)17-18(14-10-11-25-20(22)26-14)30-19(27-17)21(2,3)4/h6,8-11,15H,5,7H2,1-4H3,(H2,24,28,29). The van der Waals surface area contributed by atoms with Crippen molar-refractivity contribution in [3.05, 3.63) is 52.1 Å². The van der Waals surface area contributed by atoms with Crippen LogP contribution in [0.25, 0.3) is 21.8 Å². The van der Waals surface area contributed by atoms with E-state index in [9.17, 15) is 8.42 Å². The normalized spacial score (nSPS) is 13.4. The minimum Gasteiger partial charge on any atom is -0.240 e. The maximum absolute atomic E-state index is 15.7. The molecule has 166 valence electrons. The Balaban J connectivity index is 2.27. The summed E-state index contributed by atoms with van der Waals surface area (Å²) >= 11 is 7.37. The van der Waals surface area contributed by atoms with Gasteiger partial charge in [0.05, 0.1) is 21.3 Å². The summed E-state index contributed by atoms with van der Waals surface area (Å²) in [5, 5.41) is 5.14. The number of nitrogens with zero attached hydrogens (tertiary/aromatic N) is 3. The van der Waals surface area contributed by atoms with E-state index in [2.05, 4.69) is 9.97 Å². The van der Waals surface area contributed by atoms with Crippen LogP contribution in [0.15, 0.2) is 30.5 Å². The van der Waals surface area contributed by atoms with Crippen LogP contribution >= 0.6 is 22.9 Å². The minimum atomic E-state index is -3.98. The molecule has 0 amide bonds. The summed E-state index contributed by atoms with van der Waals surface area (Å²) in [4.78, 5) is 13.5. The molecule has 0 aliphatic rings. The first-order chi connectivity index (χ1) is 14.4. The van der Waals surface area contributed by atoms with Gasteiger partial charge in [-0.2, -0.15) is 0 Å². The topological polar surface area (TPSA) is 98.8 Å². The van der Waals surface area contributed by atoms with E-state index in [0.29, 0.717) is 22.7 Å². The van der Waals surface area contributed by atoms with Gasteiger partial charge >= 0.3 is 0 Å². The van der Waals surface area contributed by atoms with E-state index in [0.717, 1.165) is 5.01 Å². The van der Waals surface area contributed by atoms with Crippen molar-refractivity contribution >= 4 is 33.0 Å². The van der Waals surface area contributed by atoms with E-state index in [4.69, 9.17) is 21.7 Å². The van der Waals surface area contributed by atoms with Crippen molar-refractivity contribution in [1.82, 2.24) is 15.0 Å². The fraction of sp³-hybridized carbons (Fsp3) is 0.381. The summed E-state index contributed by atoms with van der Waals surface area (Å²) in [6.07, 6.45) is 2.29. The van der Waals surface area contributed by atoms with Gasteiger partial charge in [0.25, 0.3) is 0 Å². The van der Waals surface area contributed by atoms with Gasteiger partial charge in [-0.1, -0.05) is 46.2 Å². The third-order valence-electron chi connectivity index (χ3n) is 4.71. The number of halogens is 2. The van der Waals surface area contributed by atoms with Crippen LogP contribution in [0.1, 0.15) is 56.4 Å². The van der Waals surface area contributed by atoms with Gasteiger partial charge in [-0.05, 0) is 30.2 Å². The van der Waals surface area contributed by atoms with E-state index in [-0.39, 0.29) is 28.2 Å². The number of primary sulfonamides is 1. The van der Waals surface area contributed by atoms with E-state index in [1.54, 1.807) is 18.2 Å². The predicted octanol–water partition coefficient (Wildman–Crippen LogP) is 5.49. The second-order valence-corrected chi connectivity index (χ2v) is 11.3. The first-order valence-electron chi connectivity index (χ1n) is 9.74. The Labute approximate surface area is 190 Å². The molecule has 0 radical (unpaired) electrons. The van der Waals surface area contributed by atoms with Crippen LogP contribution in [-0.2, 0) is 15.4 Å². The first kappa shape index (κ1) is 23.7. The van der Waals surface area contributed by atoms with Gasteiger partial charge < -0.3 is 0 Å². The number of nitrogens with two attached hydrogens (primary N) is 1. The SMILES string of the molecule is CCCC(c1cccc(-c2nc(C(C)(C)C)sc2-c2ccnc(Cl)n2)c1F)S(N)(=O)=O. The van der Waals surface area contributed by atoms with E-state index in [1.807, 2.05) is 27.7 Å². The second kappa shape index (κ2) is 8.90. The number of hydrogen-bond donors (Lipinski definition) is 1. The average Bonchev–Trinajstić information content (AvgIpc) is 3.11. The molecule has 10 heteroatoms. The van der Waals surface area contributed by atoms with Crippen molar-refractivity contribution in [2.45, 2.75) is 51.2 Å². The van der Waals surface area contributed by atoms with Crippen molar-refractivity contribution in [2.24, 2.45) is 5.14 Å². The fourth-order valence-corrected chi connectivity index (χ4v) is 5.55. The van der Waals surface area contributed by atoms with E-state index < -0.39 is 21.1 Å². The lowest BCUT2D eigenvalue weighted by atomic mass is 9.97. The average molecular weight is 483 g/mol. The molecule has 0 fully saturated rings. The number of hydrogen-bond acceptors (Lipinski definition) is 6. The first-order valence-corrected chi connectivity index (χ1v) is 12.5. The highest BCUT2D eigenvalue weighted by Gasteiger charge is 2.30. The summed E-state index contributed by atoms with van der Waals surface area (Å²) < 4.78 is 40.0. The highest BCUT2D eigenvalue weighted by molar-refractivity contribution is 7.89. The highest BCUT2D eigenvalue weighted by atomic mass is 35.5. The van der Waals surface area contributed by atoms with Crippen molar-refractivity contribution in [3.8, 4) is 21.8 Å². The fourth-order valence-electron chi connectivity index (χ4n) is 3.20. The molecule has 6 nitrogen and oxygen atoms in total. The van der Waals surface area contributed by atoms with E-state index in [1.165, 1.54) is 23.6 Å². The molecule has 3 rings (SSSR count). The minimum absolute atomic E-state index is 0.0406. The van der Waals surface area contributed by atoms with Crippen molar-refractivity contribution in [2.75, 3.05) is 0 Å². The van der Waals surface area contributed by atoms with Gasteiger partial charge in [0.1, 0.15) is 11.1 Å². The number of benzene rings is 1. The highest BCUT2D eigenvalue weighted by Crippen LogP contribution is 2.42. The zero-order valence-corrected chi connectivity index (χ0v) is 20.1. The van der Waals surface area contributed by atoms with Gasteiger partial charge in [-0.15, -0.1) is 11.3 Å². The van der Waals surface area contributed by atoms with Crippen LogP contribution < -0.4 is 5.14 Å². The maximum atomic E-state index is 15.7. The van der Waals surface area contributed by atoms with Gasteiger partial charge in [0.15, 0.2) is 0 Å². The molecular formula is C21H24ClFN4O2S2. The van der Waals surface area contributed by atoms with Crippen molar-refractivity contribution in [3.63, 3.8) is 0 Å². The quantitative estimate of drug-likeness (QED) is 0.468. The lowest BCUT2D eigenvalue weighted by Gasteiger charge is -2.17. The molecule has 1 unspecified atom stereocenters. The van der Waals surface area contributed by atoms with Crippen molar-refractivity contribution in [1.29, 1.82) is 0 Å². The summed E-state index contributed by atoms with van der Waals surface area (Å²) in [7, 11) is -3.98. The summed E-state index contributed by atoms with van der Waals surface area (Å²) in [6.45, 7) is 7.86. The summed E-state index contributed by atoms with van der Waals surface area (Å²) in [5.41, 5.74) is 0.851. The predicted molar refractivity (Wildman–Crippen MR) is 123 cm³/mol. The molecule has 2 heterocycles. The Morgan fingerprint density at radius 3 is 2.52 bits per heavy atom. The molecule has 0 saturated carbocycles. The zero-order chi connectivity index (χ0) is 23.0. The summed E-state index contributed by atoms with van der Waals surface area (Å²) in [5.74, 6) is -0.651. The second-order valence-electron chi connectivity index (χ2n) is 8.23. The Kier molecular flexibility index (Phi) is 6.81. The van der Waals surface area contributed by atoms with Gasteiger partial charge in [-0.3, -0.25) is 0 Å². The Bertz CT molecular complexity index is 1210. The number of thiazole rings is 1. The van der Waals surface area contributed by atoms with Crippen LogP contribution in [-0.4, -0.2) is 23.4 Å². The van der Waals surface area contributed by atoms with Crippen LogP contribution in [0.3, 0.4) is 0 Å². The van der Waals surface area contributed by atoms with E-state index >= 15 is 4.39 Å². The Hall–Kier alpha value is -1.94. The van der Waals surface area contributed by atoms with Crippen LogP contribution in [0.4, 0.5) is 4.39 Å². The lowest BCUT2D eigenvalue weighted by Crippen LogP contribution is -2.22. The maximum Gasteiger partial charge on any atom is 0.222 e. The van der Waals surface area contributed by atoms with Gasteiger partial charge in [0.2, 0.25) is 15.3 Å². The Morgan fingerprint density at radius 2 is 1.94 bits per heavy atom. The molecule has 2 N–H and O–H groups in total. The third kappa shape index (κ3) is 5.11. The molecule has 0 saturated heterocycles. The molecule has 3 aromatic rings. The third-order valence-corrected chi connectivity index (χ3v) is 7.67. The monoisotopic (exact) mass is 482 g/mol. The molecule has 0 aliphatic carbocycles. The number of rotatable bonds is 6. The molecule has 1 aromatic carbocycles. The van der Waals surface area contributed by atoms with Gasteiger partial charge in [-0.25, -0.2) is 32.9 Å². The molecule has 31 heavy (non-hydrogen) atoms.